The maximum absolute atomic E-state index is 12.1. The van der Waals surface area contributed by atoms with Crippen LogP contribution in [0.3, 0.4) is 0 Å². The van der Waals surface area contributed by atoms with Crippen molar-refractivity contribution in [2.75, 3.05) is 31.6 Å². The third-order valence-corrected chi connectivity index (χ3v) is 5.70. The summed E-state index contributed by atoms with van der Waals surface area (Å²) in [5.74, 6) is 0.642. The van der Waals surface area contributed by atoms with Crippen molar-refractivity contribution >= 4 is 27.7 Å². The summed E-state index contributed by atoms with van der Waals surface area (Å²) in [5.41, 5.74) is 0. The summed E-state index contributed by atoms with van der Waals surface area (Å²) in [6.45, 7) is 7.91. The summed E-state index contributed by atoms with van der Waals surface area (Å²) in [4.78, 5) is 12.1. The molecule has 0 aromatic rings. The largest absolute Gasteiger partial charge is 0.355 e. The van der Waals surface area contributed by atoms with E-state index in [4.69, 9.17) is 0 Å². The van der Waals surface area contributed by atoms with Crippen molar-refractivity contribution in [3.8, 4) is 0 Å². The van der Waals surface area contributed by atoms with Crippen molar-refractivity contribution in [2.45, 2.75) is 38.4 Å². The second kappa shape index (κ2) is 7.13. The number of nitrogens with zero attached hydrogens (tertiary/aromatic N) is 1. The molecule has 118 valence electrons. The zero-order chi connectivity index (χ0) is 15.4. The van der Waals surface area contributed by atoms with Crippen LogP contribution in [-0.4, -0.2) is 55.0 Å². The van der Waals surface area contributed by atoms with E-state index >= 15 is 0 Å². The van der Waals surface area contributed by atoms with Gasteiger partial charge in [0.1, 0.15) is 0 Å². The van der Waals surface area contributed by atoms with Gasteiger partial charge >= 0.3 is 0 Å². The van der Waals surface area contributed by atoms with Gasteiger partial charge in [0, 0.05) is 30.1 Å². The lowest BCUT2D eigenvalue weighted by Crippen LogP contribution is -2.45. The molecule has 0 aromatic heterocycles. The van der Waals surface area contributed by atoms with Gasteiger partial charge in [0.25, 0.3) is 0 Å². The Kier molecular flexibility index (Phi) is 6.34. The second-order valence-corrected chi connectivity index (χ2v) is 10.1. The number of sulfonamides is 1. The van der Waals surface area contributed by atoms with Gasteiger partial charge in [-0.2, -0.15) is 11.8 Å². The standard InChI is InChI=1S/C13H26N2O3S2/c1-13(2,3)19-9-7-14-12(16)11-6-5-8-15(10-11)20(4,17)18/h11H,5-10H2,1-4H3,(H,14,16)/t11-/m0/s1. The molecule has 1 N–H and O–H groups in total. The fourth-order valence-electron chi connectivity index (χ4n) is 2.13. The highest BCUT2D eigenvalue weighted by Gasteiger charge is 2.29. The summed E-state index contributed by atoms with van der Waals surface area (Å²) in [5, 5.41) is 2.92. The molecule has 5 nitrogen and oxygen atoms in total. The van der Waals surface area contributed by atoms with Crippen LogP contribution in [0.2, 0.25) is 0 Å². The molecule has 1 fully saturated rings. The van der Waals surface area contributed by atoms with Gasteiger partial charge in [0.2, 0.25) is 15.9 Å². The second-order valence-electron chi connectivity index (χ2n) is 6.21. The van der Waals surface area contributed by atoms with Crippen LogP contribution < -0.4 is 5.32 Å². The third-order valence-electron chi connectivity index (χ3n) is 3.16. The molecular formula is C13H26N2O3S2. The highest BCUT2D eigenvalue weighted by atomic mass is 32.2. The molecule has 0 radical (unpaired) electrons. The molecule has 20 heavy (non-hydrogen) atoms. The first kappa shape index (κ1) is 17.8. The van der Waals surface area contributed by atoms with Crippen LogP contribution in [0.15, 0.2) is 0 Å². The molecule has 0 saturated carbocycles. The number of amides is 1. The highest BCUT2D eigenvalue weighted by molar-refractivity contribution is 8.00. The van der Waals surface area contributed by atoms with E-state index in [2.05, 4.69) is 26.1 Å². The minimum absolute atomic E-state index is 0.0205. The van der Waals surface area contributed by atoms with Crippen LogP contribution in [0.4, 0.5) is 0 Å². The number of carbonyl (C=O) groups is 1. The average molecular weight is 322 g/mol. The van der Waals surface area contributed by atoms with E-state index < -0.39 is 10.0 Å². The third kappa shape index (κ3) is 6.45. The van der Waals surface area contributed by atoms with Gasteiger partial charge in [-0.15, -0.1) is 0 Å². The zero-order valence-electron chi connectivity index (χ0n) is 12.8. The number of hydrogen-bond donors (Lipinski definition) is 1. The lowest BCUT2D eigenvalue weighted by Gasteiger charge is -2.30. The number of nitrogens with one attached hydrogen (secondary N) is 1. The van der Waals surface area contributed by atoms with Crippen molar-refractivity contribution in [3.05, 3.63) is 0 Å². The summed E-state index contributed by atoms with van der Waals surface area (Å²) < 4.78 is 24.6. The van der Waals surface area contributed by atoms with E-state index in [9.17, 15) is 13.2 Å². The Morgan fingerprint density at radius 1 is 1.40 bits per heavy atom. The average Bonchev–Trinajstić information content (AvgIpc) is 2.32. The van der Waals surface area contributed by atoms with E-state index in [0.717, 1.165) is 18.6 Å². The molecule has 1 amide bonds. The number of hydrogen-bond acceptors (Lipinski definition) is 4. The van der Waals surface area contributed by atoms with Gasteiger partial charge in [-0.05, 0) is 12.8 Å². The van der Waals surface area contributed by atoms with Gasteiger partial charge in [0.15, 0.2) is 0 Å². The van der Waals surface area contributed by atoms with Crippen LogP contribution in [0.25, 0.3) is 0 Å². The molecule has 0 unspecified atom stereocenters. The quantitative estimate of drug-likeness (QED) is 0.775. The number of piperidine rings is 1. The van der Waals surface area contributed by atoms with E-state index in [1.165, 1.54) is 10.6 Å². The Bertz CT molecular complexity index is 429. The molecular weight excluding hydrogens is 296 g/mol. The van der Waals surface area contributed by atoms with Gasteiger partial charge in [-0.25, -0.2) is 12.7 Å². The van der Waals surface area contributed by atoms with E-state index in [0.29, 0.717) is 19.6 Å². The molecule has 1 aliphatic rings. The lowest BCUT2D eigenvalue weighted by atomic mass is 9.99. The van der Waals surface area contributed by atoms with Crippen molar-refractivity contribution < 1.29 is 13.2 Å². The normalized spacial score (nSPS) is 21.7. The molecule has 1 atom stereocenters. The summed E-state index contributed by atoms with van der Waals surface area (Å²) in [6.07, 6.45) is 2.72. The maximum Gasteiger partial charge on any atom is 0.224 e. The van der Waals surface area contributed by atoms with Crippen molar-refractivity contribution in [2.24, 2.45) is 5.92 Å². The molecule has 1 rings (SSSR count). The van der Waals surface area contributed by atoms with E-state index in [1.54, 1.807) is 11.8 Å². The molecule has 7 heteroatoms. The zero-order valence-corrected chi connectivity index (χ0v) is 14.4. The van der Waals surface area contributed by atoms with E-state index in [1.807, 2.05) is 0 Å². The maximum atomic E-state index is 12.1. The Labute approximate surface area is 126 Å². The van der Waals surface area contributed by atoms with Gasteiger partial charge in [0.05, 0.1) is 12.2 Å². The van der Waals surface area contributed by atoms with Gasteiger partial charge < -0.3 is 5.32 Å². The highest BCUT2D eigenvalue weighted by Crippen LogP contribution is 2.22. The fourth-order valence-corrected chi connectivity index (χ4v) is 3.86. The van der Waals surface area contributed by atoms with Crippen molar-refractivity contribution in [3.63, 3.8) is 0 Å². The van der Waals surface area contributed by atoms with Crippen LogP contribution in [0, 0.1) is 5.92 Å². The van der Waals surface area contributed by atoms with E-state index in [-0.39, 0.29) is 16.6 Å². The molecule has 0 aliphatic carbocycles. The minimum Gasteiger partial charge on any atom is -0.355 e. The van der Waals surface area contributed by atoms with Crippen molar-refractivity contribution in [1.82, 2.24) is 9.62 Å². The summed E-state index contributed by atoms with van der Waals surface area (Å²) in [6, 6.07) is 0. The Morgan fingerprint density at radius 3 is 2.60 bits per heavy atom. The summed E-state index contributed by atoms with van der Waals surface area (Å²) in [7, 11) is -3.19. The SMILES string of the molecule is CC(C)(C)SCCNC(=O)[C@H]1CCCN(S(C)(=O)=O)C1. The number of thioether (sulfide) groups is 1. The van der Waals surface area contributed by atoms with Gasteiger partial charge in [-0.1, -0.05) is 20.8 Å². The first-order valence-electron chi connectivity index (χ1n) is 6.96. The van der Waals surface area contributed by atoms with Crippen LogP contribution >= 0.6 is 11.8 Å². The molecule has 1 aliphatic heterocycles. The predicted molar refractivity (Wildman–Crippen MR) is 84.4 cm³/mol. The number of rotatable bonds is 5. The lowest BCUT2D eigenvalue weighted by molar-refractivity contribution is -0.125. The smallest absolute Gasteiger partial charge is 0.224 e. The molecule has 1 saturated heterocycles. The first-order chi connectivity index (χ1) is 9.09. The Morgan fingerprint density at radius 2 is 2.05 bits per heavy atom. The summed E-state index contributed by atoms with van der Waals surface area (Å²) >= 11 is 1.81. The molecule has 0 aromatic carbocycles. The van der Waals surface area contributed by atoms with Gasteiger partial charge in [-0.3, -0.25) is 4.79 Å². The van der Waals surface area contributed by atoms with Crippen LogP contribution in [0.1, 0.15) is 33.6 Å². The van der Waals surface area contributed by atoms with Crippen molar-refractivity contribution in [1.29, 1.82) is 0 Å². The first-order valence-corrected chi connectivity index (χ1v) is 9.80. The number of carbonyl (C=O) groups excluding carboxylic acids is 1. The minimum atomic E-state index is -3.19. The molecule has 0 bridgehead atoms. The molecule has 0 spiro atoms. The van der Waals surface area contributed by atoms with Crippen LogP contribution in [-0.2, 0) is 14.8 Å². The predicted octanol–water partition coefficient (Wildman–Crippen LogP) is 1.31. The fraction of sp³-hybridized carbons (Fsp3) is 0.923. The Balaban J connectivity index is 2.36. The topological polar surface area (TPSA) is 66.5 Å². The molecule has 1 heterocycles. The monoisotopic (exact) mass is 322 g/mol. The Hall–Kier alpha value is -0.270. The van der Waals surface area contributed by atoms with Crippen LogP contribution in [0.5, 0.6) is 0 Å².